The van der Waals surface area contributed by atoms with Gasteiger partial charge in [0.05, 0.1) is 18.6 Å². The molecule has 0 saturated carbocycles. The summed E-state index contributed by atoms with van der Waals surface area (Å²) in [5.74, 6) is -0.328. The third-order valence-corrected chi connectivity index (χ3v) is 2.62. The van der Waals surface area contributed by atoms with E-state index in [0.717, 1.165) is 19.4 Å². The van der Waals surface area contributed by atoms with Crippen molar-refractivity contribution >= 4 is 5.97 Å². The fraction of sp³-hybridized carbons (Fsp3) is 0.900. The van der Waals surface area contributed by atoms with Gasteiger partial charge in [0.15, 0.2) is 0 Å². The molecule has 1 saturated heterocycles. The van der Waals surface area contributed by atoms with Gasteiger partial charge in [-0.05, 0) is 33.2 Å². The Morgan fingerprint density at radius 1 is 1.71 bits per heavy atom. The van der Waals surface area contributed by atoms with Crippen LogP contribution in [-0.4, -0.2) is 35.9 Å². The van der Waals surface area contributed by atoms with Gasteiger partial charge in [-0.3, -0.25) is 4.79 Å². The van der Waals surface area contributed by atoms with Crippen molar-refractivity contribution in [2.45, 2.75) is 44.8 Å². The van der Waals surface area contributed by atoms with Crippen LogP contribution < -0.4 is 5.32 Å². The van der Waals surface area contributed by atoms with Gasteiger partial charge < -0.3 is 15.2 Å². The van der Waals surface area contributed by atoms with Crippen LogP contribution in [-0.2, 0) is 9.53 Å². The maximum atomic E-state index is 11.2. The Balaban J connectivity index is 2.43. The van der Waals surface area contributed by atoms with Crippen molar-refractivity contribution in [2.75, 3.05) is 13.2 Å². The number of ether oxygens (including phenoxy) is 1. The topological polar surface area (TPSA) is 58.6 Å². The summed E-state index contributed by atoms with van der Waals surface area (Å²) < 4.78 is 4.81. The molecule has 1 fully saturated rings. The molecule has 4 heteroatoms. The first-order valence-electron chi connectivity index (χ1n) is 5.17. The van der Waals surface area contributed by atoms with Crippen LogP contribution in [0.25, 0.3) is 0 Å². The second kappa shape index (κ2) is 4.75. The highest BCUT2D eigenvalue weighted by Crippen LogP contribution is 2.22. The summed E-state index contributed by atoms with van der Waals surface area (Å²) in [6.07, 6.45) is 2.05. The van der Waals surface area contributed by atoms with Crippen molar-refractivity contribution in [3.05, 3.63) is 0 Å². The van der Waals surface area contributed by atoms with Crippen LogP contribution in [0.1, 0.15) is 33.1 Å². The third kappa shape index (κ3) is 2.96. The van der Waals surface area contributed by atoms with Gasteiger partial charge in [0, 0.05) is 6.04 Å². The molecule has 0 aromatic carbocycles. The van der Waals surface area contributed by atoms with Gasteiger partial charge in [-0.2, -0.15) is 0 Å². The van der Waals surface area contributed by atoms with Gasteiger partial charge in [-0.1, -0.05) is 0 Å². The lowest BCUT2D eigenvalue weighted by atomic mass is 9.92. The molecule has 0 bridgehead atoms. The Hall–Kier alpha value is -0.610. The first-order valence-corrected chi connectivity index (χ1v) is 5.17. The second-order valence-corrected chi connectivity index (χ2v) is 3.99. The van der Waals surface area contributed by atoms with E-state index in [1.807, 2.05) is 0 Å². The fourth-order valence-corrected chi connectivity index (χ4v) is 1.84. The SMILES string of the molecule is CCOC(=O)C[C@@](C)(O)[C@H]1CCCN1. The van der Waals surface area contributed by atoms with Gasteiger partial charge in [-0.25, -0.2) is 0 Å². The Morgan fingerprint density at radius 3 is 2.93 bits per heavy atom. The van der Waals surface area contributed by atoms with Crippen molar-refractivity contribution in [3.8, 4) is 0 Å². The van der Waals surface area contributed by atoms with Crippen LogP contribution in [0.4, 0.5) is 0 Å². The summed E-state index contributed by atoms with van der Waals surface area (Å²) in [6.45, 7) is 4.74. The largest absolute Gasteiger partial charge is 0.466 e. The molecule has 2 atom stereocenters. The quantitative estimate of drug-likeness (QED) is 0.648. The summed E-state index contributed by atoms with van der Waals surface area (Å²) >= 11 is 0. The van der Waals surface area contributed by atoms with Gasteiger partial charge in [0.1, 0.15) is 0 Å². The van der Waals surface area contributed by atoms with Crippen molar-refractivity contribution in [2.24, 2.45) is 0 Å². The maximum absolute atomic E-state index is 11.2. The van der Waals surface area contributed by atoms with Crippen LogP contribution in [0.15, 0.2) is 0 Å². The van der Waals surface area contributed by atoms with Crippen molar-refractivity contribution in [1.29, 1.82) is 0 Å². The molecule has 2 N–H and O–H groups in total. The predicted octanol–water partition coefficient (Wildman–Crippen LogP) is 0.443. The molecule has 1 aliphatic heterocycles. The Bertz CT molecular complexity index is 198. The molecule has 14 heavy (non-hydrogen) atoms. The van der Waals surface area contributed by atoms with Crippen LogP contribution in [0.3, 0.4) is 0 Å². The minimum absolute atomic E-state index is 0.0203. The van der Waals surface area contributed by atoms with E-state index in [1.165, 1.54) is 0 Å². The Labute approximate surface area is 84.6 Å². The molecule has 0 aliphatic carbocycles. The van der Waals surface area contributed by atoms with E-state index in [1.54, 1.807) is 13.8 Å². The monoisotopic (exact) mass is 201 g/mol. The summed E-state index contributed by atoms with van der Waals surface area (Å²) in [5.41, 5.74) is -0.983. The number of aliphatic hydroxyl groups is 1. The minimum atomic E-state index is -0.983. The number of nitrogens with one attached hydrogen (secondary N) is 1. The first-order chi connectivity index (χ1) is 6.56. The zero-order valence-electron chi connectivity index (χ0n) is 8.88. The molecular weight excluding hydrogens is 182 g/mol. The Morgan fingerprint density at radius 2 is 2.43 bits per heavy atom. The number of carbonyl (C=O) groups is 1. The number of carbonyl (C=O) groups excluding carboxylic acids is 1. The molecule has 0 aromatic rings. The smallest absolute Gasteiger partial charge is 0.308 e. The molecule has 1 heterocycles. The van der Waals surface area contributed by atoms with Gasteiger partial charge in [-0.15, -0.1) is 0 Å². The molecular formula is C10H19NO3. The summed E-state index contributed by atoms with van der Waals surface area (Å²) in [7, 11) is 0. The lowest BCUT2D eigenvalue weighted by molar-refractivity contribution is -0.149. The summed E-state index contributed by atoms with van der Waals surface area (Å²) in [5, 5.41) is 13.2. The third-order valence-electron chi connectivity index (χ3n) is 2.62. The van der Waals surface area contributed by atoms with E-state index in [4.69, 9.17) is 4.74 Å². The highest BCUT2D eigenvalue weighted by Gasteiger charge is 2.36. The number of esters is 1. The standard InChI is InChI=1S/C10H19NO3/c1-3-14-9(12)7-10(2,13)8-5-4-6-11-8/h8,11,13H,3-7H2,1-2H3/t8-,10-/m1/s1. The highest BCUT2D eigenvalue weighted by molar-refractivity contribution is 5.70. The van der Waals surface area contributed by atoms with Gasteiger partial charge in [0.25, 0.3) is 0 Å². The van der Waals surface area contributed by atoms with E-state index in [2.05, 4.69) is 5.32 Å². The van der Waals surface area contributed by atoms with Gasteiger partial charge in [0.2, 0.25) is 0 Å². The normalized spacial score (nSPS) is 25.8. The molecule has 82 valence electrons. The molecule has 0 aromatic heterocycles. The van der Waals surface area contributed by atoms with Crippen LogP contribution >= 0.6 is 0 Å². The lowest BCUT2D eigenvalue weighted by Crippen LogP contribution is -2.46. The number of rotatable bonds is 4. The Kier molecular flexibility index (Phi) is 3.89. The van der Waals surface area contributed by atoms with Crippen molar-refractivity contribution < 1.29 is 14.6 Å². The zero-order chi connectivity index (χ0) is 10.6. The fourth-order valence-electron chi connectivity index (χ4n) is 1.84. The molecule has 0 radical (unpaired) electrons. The molecule has 1 rings (SSSR count). The number of hydrogen-bond donors (Lipinski definition) is 2. The summed E-state index contributed by atoms with van der Waals surface area (Å²) in [4.78, 5) is 11.2. The summed E-state index contributed by atoms with van der Waals surface area (Å²) in [6, 6.07) is 0.0203. The van der Waals surface area contributed by atoms with E-state index in [-0.39, 0.29) is 18.4 Å². The average molecular weight is 201 g/mol. The minimum Gasteiger partial charge on any atom is -0.466 e. The van der Waals surface area contributed by atoms with Crippen LogP contribution in [0.5, 0.6) is 0 Å². The first kappa shape index (κ1) is 11.5. The molecule has 0 unspecified atom stereocenters. The van der Waals surface area contributed by atoms with Gasteiger partial charge >= 0.3 is 5.97 Å². The molecule has 0 spiro atoms. The number of hydrogen-bond acceptors (Lipinski definition) is 4. The second-order valence-electron chi connectivity index (χ2n) is 3.99. The van der Waals surface area contributed by atoms with E-state index in [9.17, 15) is 9.90 Å². The molecule has 0 amide bonds. The van der Waals surface area contributed by atoms with Crippen LogP contribution in [0.2, 0.25) is 0 Å². The highest BCUT2D eigenvalue weighted by atomic mass is 16.5. The lowest BCUT2D eigenvalue weighted by Gasteiger charge is -2.29. The van der Waals surface area contributed by atoms with E-state index in [0.29, 0.717) is 6.61 Å². The average Bonchev–Trinajstić information content (AvgIpc) is 2.54. The zero-order valence-corrected chi connectivity index (χ0v) is 8.88. The molecule has 1 aliphatic rings. The van der Waals surface area contributed by atoms with Crippen molar-refractivity contribution in [1.82, 2.24) is 5.32 Å². The predicted molar refractivity (Wildman–Crippen MR) is 52.9 cm³/mol. The maximum Gasteiger partial charge on any atom is 0.308 e. The molecule has 4 nitrogen and oxygen atoms in total. The van der Waals surface area contributed by atoms with Crippen molar-refractivity contribution in [3.63, 3.8) is 0 Å². The van der Waals surface area contributed by atoms with E-state index >= 15 is 0 Å². The van der Waals surface area contributed by atoms with Crippen LogP contribution in [0, 0.1) is 0 Å². The van der Waals surface area contributed by atoms with E-state index < -0.39 is 5.60 Å².